The monoisotopic (exact) mass is 618 g/mol. The summed E-state index contributed by atoms with van der Waals surface area (Å²) in [7, 11) is 1.13. The second-order valence-electron chi connectivity index (χ2n) is 14.0. The van der Waals surface area contributed by atoms with Crippen LogP contribution >= 0.6 is 0 Å². The van der Waals surface area contributed by atoms with Gasteiger partial charge in [-0.3, -0.25) is 9.59 Å². The van der Waals surface area contributed by atoms with E-state index in [1.54, 1.807) is 6.92 Å². The van der Waals surface area contributed by atoms with Crippen LogP contribution in [0.2, 0.25) is 0 Å². The lowest BCUT2D eigenvalue weighted by molar-refractivity contribution is -0.257. The van der Waals surface area contributed by atoms with E-state index in [9.17, 15) is 39.6 Å². The van der Waals surface area contributed by atoms with Gasteiger partial charge in [0.1, 0.15) is 6.10 Å². The van der Waals surface area contributed by atoms with E-state index in [1.807, 2.05) is 13.8 Å². The second-order valence-corrected chi connectivity index (χ2v) is 14.0. The summed E-state index contributed by atoms with van der Waals surface area (Å²) >= 11 is 0. The number of esters is 3. The van der Waals surface area contributed by atoms with Gasteiger partial charge in [-0.2, -0.15) is 0 Å². The van der Waals surface area contributed by atoms with Crippen LogP contribution in [0.15, 0.2) is 23.2 Å². The maximum atomic E-state index is 13.8. The van der Waals surface area contributed by atoms with Gasteiger partial charge in [0.05, 0.1) is 43.0 Å². The smallest absolute Gasteiger partial charge is 0.348 e. The predicted octanol–water partition coefficient (Wildman–Crippen LogP) is 3.75. The number of carbonyl (C=O) groups is 4. The lowest BCUT2D eigenvalue weighted by Gasteiger charge is -2.66. The Morgan fingerprint density at radius 3 is 2.39 bits per heavy atom. The molecule has 0 aromatic carbocycles. The van der Waals surface area contributed by atoms with Gasteiger partial charge in [0.2, 0.25) is 6.10 Å². The first-order chi connectivity index (χ1) is 20.8. The molecule has 3 saturated carbocycles. The van der Waals surface area contributed by atoms with E-state index in [4.69, 9.17) is 14.2 Å². The first-order valence-electron chi connectivity index (χ1n) is 15.9. The average Bonchev–Trinajstić information content (AvgIpc) is 3.83. The van der Waals surface area contributed by atoms with E-state index in [0.717, 1.165) is 39.2 Å². The van der Waals surface area contributed by atoms with Crippen molar-refractivity contribution >= 4 is 23.7 Å². The van der Waals surface area contributed by atoms with Crippen molar-refractivity contribution in [2.45, 2.75) is 115 Å². The molecule has 0 aromatic heterocycles. The molecular weight excluding hydrogens is 572 g/mol. The Bertz CT molecular complexity index is 1260. The van der Waals surface area contributed by atoms with E-state index in [0.29, 0.717) is 24.7 Å². The number of Topliss-reactive ketones (excluding diaryl/α,β-unsaturated/α-hetero) is 1. The van der Waals surface area contributed by atoms with Gasteiger partial charge in [-0.15, -0.1) is 0 Å². The number of carbonyl (C=O) groups excluding carboxylic acids is 4. The Morgan fingerprint density at radius 1 is 1.16 bits per heavy atom. The summed E-state index contributed by atoms with van der Waals surface area (Å²) in [4.78, 5) is 53.7. The van der Waals surface area contributed by atoms with Gasteiger partial charge >= 0.3 is 17.9 Å². The van der Waals surface area contributed by atoms with Crippen LogP contribution in [0.4, 0.5) is 0 Å². The zero-order valence-electron chi connectivity index (χ0n) is 26.0. The van der Waals surface area contributed by atoms with Crippen molar-refractivity contribution in [1.29, 1.82) is 0 Å². The SMILES string of the molecule is CC[C@]12C([C@@H](O)C3CC3)[C@@]3(C)CC(=O)C(O)=C(C)[C@@H]3C[C@H]1OC(=O)C(OC(=O)CC1(O)CCCCC1)[C@H]2/C(=C/O)C(=O)OC. The number of aliphatic hydroxyl groups is 4. The maximum absolute atomic E-state index is 13.8. The first kappa shape index (κ1) is 32.5. The molecule has 5 rings (SSSR count). The standard InChI is InChI=1S/C33H46O11/c1-5-33-22(13-20-17(2)25(37)21(35)14-31(20,3)28(33)26(38)18-9-10-18)43-30(40)27(24(33)19(16-34)29(39)42-4)44-23(36)15-32(41)11-7-6-8-12-32/h16,18,20,22,24,26-28,34,37-38,41H,5-15H2,1-4H3/b19-16-/t20-,22+,24+,26-,27?,28?,31-,33-/m0/s1. The molecule has 0 radical (unpaired) electrons. The number of rotatable bonds is 8. The number of ether oxygens (including phenoxy) is 3. The minimum Gasteiger partial charge on any atom is -0.515 e. The average molecular weight is 619 g/mol. The van der Waals surface area contributed by atoms with E-state index in [1.165, 1.54) is 0 Å². The van der Waals surface area contributed by atoms with Crippen LogP contribution in [0.25, 0.3) is 0 Å². The van der Waals surface area contributed by atoms with Crippen molar-refractivity contribution in [3.63, 3.8) is 0 Å². The summed E-state index contributed by atoms with van der Waals surface area (Å²) in [5.41, 5.74) is -3.36. The van der Waals surface area contributed by atoms with Crippen molar-refractivity contribution in [3.05, 3.63) is 23.2 Å². The van der Waals surface area contributed by atoms with Crippen molar-refractivity contribution in [3.8, 4) is 0 Å². The molecule has 4 fully saturated rings. The highest BCUT2D eigenvalue weighted by Gasteiger charge is 2.72. The number of methoxy groups -OCH3 is 1. The molecular formula is C33H46O11. The van der Waals surface area contributed by atoms with Gasteiger partial charge in [-0.25, -0.2) is 9.59 Å². The third kappa shape index (κ3) is 5.13. The molecule has 11 heteroatoms. The predicted molar refractivity (Wildman–Crippen MR) is 155 cm³/mol. The summed E-state index contributed by atoms with van der Waals surface area (Å²) < 4.78 is 17.0. The molecule has 11 nitrogen and oxygen atoms in total. The van der Waals surface area contributed by atoms with Crippen LogP contribution in [0.5, 0.6) is 0 Å². The molecule has 0 bridgehead atoms. The minimum absolute atomic E-state index is 0.0850. The topological polar surface area (TPSA) is 177 Å². The molecule has 8 atom stereocenters. The number of aliphatic hydroxyl groups excluding tert-OH is 3. The van der Waals surface area contributed by atoms with E-state index >= 15 is 0 Å². The minimum atomic E-state index is -1.69. The van der Waals surface area contributed by atoms with Gasteiger partial charge in [0, 0.05) is 17.8 Å². The fraction of sp³-hybridized carbons (Fsp3) is 0.758. The van der Waals surface area contributed by atoms with Crippen LogP contribution in [-0.2, 0) is 33.4 Å². The maximum Gasteiger partial charge on any atom is 0.348 e. The van der Waals surface area contributed by atoms with Crippen LogP contribution in [-0.4, -0.2) is 75.1 Å². The molecule has 4 aliphatic carbocycles. The second kappa shape index (κ2) is 11.8. The largest absolute Gasteiger partial charge is 0.515 e. The molecule has 44 heavy (non-hydrogen) atoms. The Balaban J connectivity index is 1.66. The Labute approximate surface area is 257 Å². The highest BCUT2D eigenvalue weighted by atomic mass is 16.6. The van der Waals surface area contributed by atoms with Crippen molar-refractivity contribution in [2.75, 3.05) is 7.11 Å². The summed E-state index contributed by atoms with van der Waals surface area (Å²) in [6.45, 7) is 5.39. The Hall–Kier alpha value is -2.92. The summed E-state index contributed by atoms with van der Waals surface area (Å²) in [5.74, 6) is -6.10. The van der Waals surface area contributed by atoms with Crippen LogP contribution < -0.4 is 0 Å². The first-order valence-corrected chi connectivity index (χ1v) is 15.9. The molecule has 0 amide bonds. The number of hydrogen-bond acceptors (Lipinski definition) is 11. The van der Waals surface area contributed by atoms with Crippen LogP contribution in [0.3, 0.4) is 0 Å². The number of hydrogen-bond donors (Lipinski definition) is 4. The zero-order valence-corrected chi connectivity index (χ0v) is 26.0. The fourth-order valence-corrected chi connectivity index (χ4v) is 9.50. The molecule has 244 valence electrons. The third-order valence-electron chi connectivity index (χ3n) is 11.7. The van der Waals surface area contributed by atoms with Crippen LogP contribution in [0, 0.1) is 34.5 Å². The third-order valence-corrected chi connectivity index (χ3v) is 11.7. The molecule has 1 aliphatic heterocycles. The fourth-order valence-electron chi connectivity index (χ4n) is 9.50. The zero-order chi connectivity index (χ0) is 32.2. The molecule has 1 saturated heterocycles. The van der Waals surface area contributed by atoms with Crippen molar-refractivity contribution in [2.24, 2.45) is 34.5 Å². The van der Waals surface area contributed by atoms with Crippen LogP contribution in [0.1, 0.15) is 91.4 Å². The summed E-state index contributed by atoms with van der Waals surface area (Å²) in [6, 6.07) is 0. The molecule has 0 aromatic rings. The van der Waals surface area contributed by atoms with Gasteiger partial charge in [0.15, 0.2) is 11.5 Å². The number of fused-ring (bicyclic) bond motifs is 2. The van der Waals surface area contributed by atoms with E-state index in [2.05, 4.69) is 0 Å². The van der Waals surface area contributed by atoms with Crippen molar-refractivity contribution < 1.29 is 53.8 Å². The number of allylic oxidation sites excluding steroid dienone is 2. The Morgan fingerprint density at radius 2 is 1.82 bits per heavy atom. The van der Waals surface area contributed by atoms with E-state index < -0.39 is 76.2 Å². The highest BCUT2D eigenvalue weighted by Crippen LogP contribution is 2.69. The normalized spacial score (nSPS) is 37.8. The van der Waals surface area contributed by atoms with Gasteiger partial charge in [-0.05, 0) is 68.3 Å². The quantitative estimate of drug-likeness (QED) is 0.135. The lowest BCUT2D eigenvalue weighted by Crippen LogP contribution is -2.70. The summed E-state index contributed by atoms with van der Waals surface area (Å²) in [6.07, 6.45) is 1.70. The highest BCUT2D eigenvalue weighted by molar-refractivity contribution is 5.95. The molecule has 2 unspecified atom stereocenters. The van der Waals surface area contributed by atoms with Gasteiger partial charge in [0.25, 0.3) is 0 Å². The molecule has 0 spiro atoms. The molecule has 4 N–H and O–H groups in total. The summed E-state index contributed by atoms with van der Waals surface area (Å²) in [5, 5.41) is 44.3. The van der Waals surface area contributed by atoms with Crippen molar-refractivity contribution in [1.82, 2.24) is 0 Å². The molecule has 5 aliphatic rings. The van der Waals surface area contributed by atoms with E-state index in [-0.39, 0.29) is 42.9 Å². The molecule has 1 heterocycles. The lowest BCUT2D eigenvalue weighted by atomic mass is 9.40. The van der Waals surface area contributed by atoms with Gasteiger partial charge < -0.3 is 34.6 Å². The number of ketones is 1. The van der Waals surface area contributed by atoms with Gasteiger partial charge in [-0.1, -0.05) is 33.1 Å². The Kier molecular flexibility index (Phi) is 8.70.